The molecular weight excluding hydrogens is 323 g/mol. The third-order valence-corrected chi connectivity index (χ3v) is 4.45. The summed E-state index contributed by atoms with van der Waals surface area (Å²) in [6.45, 7) is 1.24. The second-order valence-corrected chi connectivity index (χ2v) is 6.09. The molecular formula is C18H17FN4O2. The molecule has 2 aromatic heterocycles. The fourth-order valence-electron chi connectivity index (χ4n) is 3.18. The van der Waals surface area contributed by atoms with Crippen molar-refractivity contribution in [2.45, 2.75) is 18.9 Å². The minimum Gasteiger partial charge on any atom is -0.355 e. The summed E-state index contributed by atoms with van der Waals surface area (Å²) in [6.07, 6.45) is 5.52. The minimum atomic E-state index is -0.408. The van der Waals surface area contributed by atoms with Crippen molar-refractivity contribution in [1.82, 2.24) is 19.8 Å². The highest BCUT2D eigenvalue weighted by atomic mass is 19.1. The fourth-order valence-corrected chi connectivity index (χ4v) is 3.18. The molecule has 1 amide bonds. The summed E-state index contributed by atoms with van der Waals surface area (Å²) in [5.74, 6) is -0.361. The van der Waals surface area contributed by atoms with Crippen LogP contribution in [0.15, 0.2) is 53.3 Å². The van der Waals surface area contributed by atoms with Crippen molar-refractivity contribution in [2.24, 2.45) is 0 Å². The predicted octanol–water partition coefficient (Wildman–Crippen LogP) is 3.15. The fraction of sp³-hybridized carbons (Fsp3) is 0.278. The molecule has 1 aliphatic heterocycles. The molecule has 0 radical (unpaired) electrons. The van der Waals surface area contributed by atoms with E-state index in [9.17, 15) is 9.18 Å². The van der Waals surface area contributed by atoms with Gasteiger partial charge in [-0.1, -0.05) is 17.3 Å². The second-order valence-electron chi connectivity index (χ2n) is 6.09. The first-order chi connectivity index (χ1) is 12.2. The number of halogens is 1. The van der Waals surface area contributed by atoms with Gasteiger partial charge in [-0.25, -0.2) is 4.39 Å². The summed E-state index contributed by atoms with van der Waals surface area (Å²) in [5, 5.41) is 8.10. The number of benzene rings is 1. The third kappa shape index (κ3) is 3.05. The second kappa shape index (κ2) is 6.51. The van der Waals surface area contributed by atoms with E-state index in [-0.39, 0.29) is 23.4 Å². The first-order valence-electron chi connectivity index (χ1n) is 8.22. The van der Waals surface area contributed by atoms with Gasteiger partial charge >= 0.3 is 0 Å². The molecule has 1 fully saturated rings. The predicted molar refractivity (Wildman–Crippen MR) is 88.3 cm³/mol. The highest BCUT2D eigenvalue weighted by Crippen LogP contribution is 2.25. The molecule has 0 saturated carbocycles. The van der Waals surface area contributed by atoms with Gasteiger partial charge in [-0.05, 0) is 31.0 Å². The first kappa shape index (κ1) is 15.6. The van der Waals surface area contributed by atoms with Gasteiger partial charge in [0.25, 0.3) is 5.91 Å². The Labute approximate surface area is 143 Å². The first-order valence-corrected chi connectivity index (χ1v) is 8.22. The van der Waals surface area contributed by atoms with E-state index in [0.29, 0.717) is 18.7 Å². The van der Waals surface area contributed by atoms with Crippen LogP contribution in [0.3, 0.4) is 0 Å². The lowest BCUT2D eigenvalue weighted by Gasteiger charge is -2.32. The number of likely N-dealkylation sites (tertiary alicyclic amines) is 1. The van der Waals surface area contributed by atoms with E-state index >= 15 is 0 Å². The van der Waals surface area contributed by atoms with Crippen molar-refractivity contribution < 1.29 is 13.7 Å². The van der Waals surface area contributed by atoms with Crippen LogP contribution in [0.4, 0.5) is 4.39 Å². The molecule has 1 aliphatic rings. The van der Waals surface area contributed by atoms with E-state index in [1.165, 1.54) is 12.1 Å². The van der Waals surface area contributed by atoms with Crippen LogP contribution in [-0.2, 0) is 0 Å². The molecule has 0 spiro atoms. The monoisotopic (exact) mass is 340 g/mol. The Morgan fingerprint density at radius 1 is 1.28 bits per heavy atom. The number of amides is 1. The Hall–Kier alpha value is -2.96. The summed E-state index contributed by atoms with van der Waals surface area (Å²) in [4.78, 5) is 14.5. The van der Waals surface area contributed by atoms with Gasteiger partial charge in [0, 0.05) is 31.5 Å². The molecule has 128 valence electrons. The minimum absolute atomic E-state index is 0.158. The molecule has 6 nitrogen and oxygen atoms in total. The zero-order valence-electron chi connectivity index (χ0n) is 13.5. The van der Waals surface area contributed by atoms with E-state index in [2.05, 4.69) is 10.3 Å². The average molecular weight is 340 g/mol. The summed E-state index contributed by atoms with van der Waals surface area (Å²) in [6, 6.07) is 9.78. The lowest BCUT2D eigenvalue weighted by Crippen LogP contribution is -2.41. The van der Waals surface area contributed by atoms with Crippen molar-refractivity contribution in [1.29, 1.82) is 0 Å². The molecule has 0 aliphatic carbocycles. The number of carbonyl (C=O) groups is 1. The van der Waals surface area contributed by atoms with Crippen LogP contribution >= 0.6 is 0 Å². The Bertz CT molecular complexity index is 875. The van der Waals surface area contributed by atoms with E-state index in [0.717, 1.165) is 12.8 Å². The number of rotatable bonds is 3. The van der Waals surface area contributed by atoms with Crippen molar-refractivity contribution in [3.8, 4) is 11.3 Å². The highest BCUT2D eigenvalue weighted by molar-refractivity contribution is 5.93. The van der Waals surface area contributed by atoms with Crippen LogP contribution in [0, 0.1) is 5.82 Å². The number of hydrogen-bond donors (Lipinski definition) is 0. The number of carbonyl (C=O) groups excluding carboxylic acids is 1. The molecule has 0 bridgehead atoms. The summed E-state index contributed by atoms with van der Waals surface area (Å²) in [5.41, 5.74) is 0.487. The molecule has 25 heavy (non-hydrogen) atoms. The number of nitrogens with zero attached hydrogens (tertiary/aromatic N) is 4. The number of piperidine rings is 1. The van der Waals surface area contributed by atoms with Crippen molar-refractivity contribution in [3.05, 3.63) is 60.3 Å². The van der Waals surface area contributed by atoms with Crippen molar-refractivity contribution in [3.63, 3.8) is 0 Å². The SMILES string of the molecule is O=C(c1cc(-c2ccccc2F)on1)N1CCCC(n2cccn2)C1. The van der Waals surface area contributed by atoms with E-state index in [1.807, 2.05) is 16.9 Å². The van der Waals surface area contributed by atoms with Gasteiger partial charge in [0.15, 0.2) is 11.5 Å². The molecule has 3 heterocycles. The largest absolute Gasteiger partial charge is 0.355 e. The lowest BCUT2D eigenvalue weighted by molar-refractivity contribution is 0.0662. The maximum absolute atomic E-state index is 13.9. The molecule has 1 unspecified atom stereocenters. The number of hydrogen-bond acceptors (Lipinski definition) is 4. The summed E-state index contributed by atoms with van der Waals surface area (Å²) >= 11 is 0. The quantitative estimate of drug-likeness (QED) is 0.735. The van der Waals surface area contributed by atoms with Crippen molar-refractivity contribution >= 4 is 5.91 Å². The van der Waals surface area contributed by atoms with E-state index in [1.54, 1.807) is 29.3 Å². The van der Waals surface area contributed by atoms with Crippen LogP contribution in [0.5, 0.6) is 0 Å². The molecule has 1 atom stereocenters. The normalized spacial score (nSPS) is 17.6. The van der Waals surface area contributed by atoms with Crippen LogP contribution < -0.4 is 0 Å². The van der Waals surface area contributed by atoms with Gasteiger partial charge in [0.1, 0.15) is 5.82 Å². The average Bonchev–Trinajstić information content (AvgIpc) is 3.34. The highest BCUT2D eigenvalue weighted by Gasteiger charge is 2.27. The molecule has 7 heteroatoms. The maximum atomic E-state index is 13.9. The number of aromatic nitrogens is 3. The smallest absolute Gasteiger partial charge is 0.276 e. The van der Waals surface area contributed by atoms with Crippen LogP contribution in [0.25, 0.3) is 11.3 Å². The maximum Gasteiger partial charge on any atom is 0.276 e. The van der Waals surface area contributed by atoms with Crippen LogP contribution in [-0.4, -0.2) is 38.8 Å². The van der Waals surface area contributed by atoms with Crippen molar-refractivity contribution in [2.75, 3.05) is 13.1 Å². The van der Waals surface area contributed by atoms with Gasteiger partial charge in [-0.2, -0.15) is 5.10 Å². The van der Waals surface area contributed by atoms with Crippen LogP contribution in [0.2, 0.25) is 0 Å². The summed E-state index contributed by atoms with van der Waals surface area (Å²) < 4.78 is 20.9. The zero-order valence-corrected chi connectivity index (χ0v) is 13.5. The van der Waals surface area contributed by atoms with Gasteiger partial charge < -0.3 is 9.42 Å². The Balaban J connectivity index is 1.52. The van der Waals surface area contributed by atoms with Gasteiger partial charge in [0.2, 0.25) is 0 Å². The van der Waals surface area contributed by atoms with Gasteiger partial charge in [-0.15, -0.1) is 0 Å². The van der Waals surface area contributed by atoms with E-state index in [4.69, 9.17) is 4.52 Å². The molecule has 0 N–H and O–H groups in total. The molecule has 1 aromatic carbocycles. The van der Waals surface area contributed by atoms with Crippen LogP contribution in [0.1, 0.15) is 29.4 Å². The lowest BCUT2D eigenvalue weighted by atomic mass is 10.1. The Morgan fingerprint density at radius 3 is 2.96 bits per heavy atom. The Morgan fingerprint density at radius 2 is 2.16 bits per heavy atom. The molecule has 3 aromatic rings. The standard InChI is InChI=1S/C18H17FN4O2/c19-15-7-2-1-6-14(15)17-11-16(21-25-17)18(24)22-9-3-5-13(12-22)23-10-4-8-20-23/h1-2,4,6-8,10-11,13H,3,5,9,12H2. The van der Waals surface area contributed by atoms with E-state index < -0.39 is 5.82 Å². The zero-order chi connectivity index (χ0) is 17.2. The van der Waals surface area contributed by atoms with Gasteiger partial charge in [0.05, 0.1) is 11.6 Å². The molecule has 1 saturated heterocycles. The molecule has 4 rings (SSSR count). The Kier molecular flexibility index (Phi) is 4.05. The topological polar surface area (TPSA) is 64.2 Å². The van der Waals surface area contributed by atoms with Gasteiger partial charge in [-0.3, -0.25) is 9.48 Å². The third-order valence-electron chi connectivity index (χ3n) is 4.45. The summed E-state index contributed by atoms with van der Waals surface area (Å²) in [7, 11) is 0.